The van der Waals surface area contributed by atoms with Crippen LogP contribution in [0.4, 0.5) is 17.1 Å². The molecule has 1 saturated heterocycles. The molecule has 1 aliphatic heterocycles. The monoisotopic (exact) mass is 537 g/mol. The second-order valence-electron chi connectivity index (χ2n) is 9.31. The van der Waals surface area contributed by atoms with Gasteiger partial charge in [-0.05, 0) is 25.0 Å². The SMILES string of the molecule is CCCCCC(CCCC)S(=O)(=O)NOCCN1CCOC(Nc2c(Nc3ccncc3)c(=O)c2=O)C1. The Kier molecular flexibility index (Phi) is 11.5. The number of anilines is 3. The molecule has 3 rings (SSSR count). The average Bonchev–Trinajstić information content (AvgIpc) is 2.91. The van der Waals surface area contributed by atoms with Crippen molar-refractivity contribution >= 4 is 27.1 Å². The van der Waals surface area contributed by atoms with Gasteiger partial charge in [-0.15, -0.1) is 0 Å². The van der Waals surface area contributed by atoms with Gasteiger partial charge in [0.25, 0.3) is 10.9 Å². The molecule has 37 heavy (non-hydrogen) atoms. The highest BCUT2D eigenvalue weighted by molar-refractivity contribution is 7.89. The highest BCUT2D eigenvalue weighted by Gasteiger charge is 2.28. The molecule has 0 aliphatic carbocycles. The molecule has 0 amide bonds. The zero-order valence-electron chi connectivity index (χ0n) is 21.7. The molecule has 11 nitrogen and oxygen atoms in total. The van der Waals surface area contributed by atoms with E-state index >= 15 is 0 Å². The number of unbranched alkanes of at least 4 members (excludes halogenated alkanes) is 3. The third-order valence-corrected chi connectivity index (χ3v) is 8.15. The number of hydrogen-bond donors (Lipinski definition) is 3. The fraction of sp³-hybridized carbons (Fsp3) is 0.640. The van der Waals surface area contributed by atoms with Crippen molar-refractivity contribution in [2.45, 2.75) is 70.3 Å². The fourth-order valence-corrected chi connectivity index (χ4v) is 5.59. The number of sulfonamides is 1. The molecule has 12 heteroatoms. The molecule has 2 aromatic rings. The second-order valence-corrected chi connectivity index (χ2v) is 11.2. The first-order chi connectivity index (χ1) is 17.9. The van der Waals surface area contributed by atoms with E-state index in [1.807, 2.05) is 4.90 Å². The second kappa shape index (κ2) is 14.5. The maximum absolute atomic E-state index is 12.8. The van der Waals surface area contributed by atoms with Crippen molar-refractivity contribution in [3.8, 4) is 0 Å². The highest BCUT2D eigenvalue weighted by atomic mass is 32.2. The van der Waals surface area contributed by atoms with Gasteiger partial charge in [-0.25, -0.2) is 8.42 Å². The minimum atomic E-state index is -3.56. The van der Waals surface area contributed by atoms with E-state index in [2.05, 4.69) is 34.4 Å². The largest absolute Gasteiger partial charge is 0.356 e. The van der Waals surface area contributed by atoms with E-state index in [1.54, 1.807) is 24.5 Å². The van der Waals surface area contributed by atoms with Crippen molar-refractivity contribution in [2.75, 3.05) is 43.5 Å². The van der Waals surface area contributed by atoms with E-state index in [4.69, 9.17) is 9.57 Å². The van der Waals surface area contributed by atoms with Crippen LogP contribution in [0.25, 0.3) is 0 Å². The van der Waals surface area contributed by atoms with Crippen LogP contribution in [0.15, 0.2) is 34.1 Å². The van der Waals surface area contributed by atoms with Gasteiger partial charge in [0, 0.05) is 37.7 Å². The number of pyridine rings is 1. The van der Waals surface area contributed by atoms with Crippen LogP contribution in [0, 0.1) is 0 Å². The summed E-state index contributed by atoms with van der Waals surface area (Å²) in [5.74, 6) is 0. The Morgan fingerprint density at radius 2 is 1.78 bits per heavy atom. The molecule has 3 N–H and O–H groups in total. The van der Waals surface area contributed by atoms with E-state index in [0.717, 1.165) is 32.1 Å². The first-order valence-electron chi connectivity index (χ1n) is 13.1. The predicted octanol–water partition coefficient (Wildman–Crippen LogP) is 2.48. The molecule has 206 valence electrons. The van der Waals surface area contributed by atoms with Crippen LogP contribution in [0.1, 0.15) is 58.8 Å². The van der Waals surface area contributed by atoms with E-state index in [1.165, 1.54) is 0 Å². The van der Waals surface area contributed by atoms with Crippen molar-refractivity contribution in [3.05, 3.63) is 45.0 Å². The Balaban J connectivity index is 1.46. The Morgan fingerprint density at radius 1 is 1.08 bits per heavy atom. The third kappa shape index (κ3) is 8.57. The Morgan fingerprint density at radius 3 is 2.51 bits per heavy atom. The molecule has 0 radical (unpaired) electrons. The van der Waals surface area contributed by atoms with Crippen LogP contribution in [-0.4, -0.2) is 62.6 Å². The minimum absolute atomic E-state index is 0.177. The van der Waals surface area contributed by atoms with Gasteiger partial charge >= 0.3 is 0 Å². The van der Waals surface area contributed by atoms with E-state index < -0.39 is 32.4 Å². The normalized spacial score (nSPS) is 17.6. The highest BCUT2D eigenvalue weighted by Crippen LogP contribution is 2.22. The molecule has 0 spiro atoms. The number of rotatable bonds is 17. The van der Waals surface area contributed by atoms with Crippen LogP contribution in [0.3, 0.4) is 0 Å². The predicted molar refractivity (Wildman–Crippen MR) is 144 cm³/mol. The van der Waals surface area contributed by atoms with E-state index in [-0.39, 0.29) is 18.0 Å². The number of ether oxygens (including phenoxy) is 1. The van der Waals surface area contributed by atoms with Gasteiger partial charge in [0.1, 0.15) is 17.6 Å². The van der Waals surface area contributed by atoms with Crippen LogP contribution < -0.4 is 26.4 Å². The minimum Gasteiger partial charge on any atom is -0.356 e. The number of nitrogens with zero attached hydrogens (tertiary/aromatic N) is 2. The molecule has 0 saturated carbocycles. The number of morpholine rings is 1. The zero-order valence-corrected chi connectivity index (χ0v) is 22.5. The molecule has 1 fully saturated rings. The lowest BCUT2D eigenvalue weighted by molar-refractivity contribution is -0.0263. The molecule has 1 aromatic carbocycles. The van der Waals surface area contributed by atoms with Crippen LogP contribution in [-0.2, 0) is 19.6 Å². The number of aromatic nitrogens is 1. The first-order valence-corrected chi connectivity index (χ1v) is 14.6. The first kappa shape index (κ1) is 29.2. The Hall–Kier alpha value is -2.38. The van der Waals surface area contributed by atoms with Crippen LogP contribution >= 0.6 is 0 Å². The Bertz CT molecular complexity index is 1140. The molecule has 1 aliphatic rings. The lowest BCUT2D eigenvalue weighted by Gasteiger charge is -2.34. The summed E-state index contributed by atoms with van der Waals surface area (Å²) >= 11 is 0. The maximum Gasteiger partial charge on any atom is 0.253 e. The molecular weight excluding hydrogens is 498 g/mol. The zero-order chi connectivity index (χ0) is 26.7. The van der Waals surface area contributed by atoms with Gasteiger partial charge in [-0.3, -0.25) is 24.3 Å². The van der Waals surface area contributed by atoms with Crippen molar-refractivity contribution in [1.29, 1.82) is 0 Å². The average molecular weight is 538 g/mol. The summed E-state index contributed by atoms with van der Waals surface area (Å²) in [4.78, 5) is 37.9. The number of nitrogens with one attached hydrogen (secondary N) is 3. The smallest absolute Gasteiger partial charge is 0.253 e. The van der Waals surface area contributed by atoms with E-state index in [9.17, 15) is 18.0 Å². The van der Waals surface area contributed by atoms with Crippen molar-refractivity contribution in [2.24, 2.45) is 0 Å². The summed E-state index contributed by atoms with van der Waals surface area (Å²) in [6.07, 6.45) is 8.71. The van der Waals surface area contributed by atoms with Gasteiger partial charge in [-0.2, -0.15) is 0 Å². The fourth-order valence-electron chi connectivity index (χ4n) is 4.26. The summed E-state index contributed by atoms with van der Waals surface area (Å²) in [5, 5.41) is 5.54. The van der Waals surface area contributed by atoms with Crippen LogP contribution in [0.2, 0.25) is 0 Å². The molecule has 2 heterocycles. The molecule has 2 atom stereocenters. The van der Waals surface area contributed by atoms with E-state index in [0.29, 0.717) is 44.8 Å². The molecule has 1 aromatic heterocycles. The summed E-state index contributed by atoms with van der Waals surface area (Å²) in [7, 11) is -3.56. The molecule has 2 unspecified atom stereocenters. The maximum atomic E-state index is 12.8. The van der Waals surface area contributed by atoms with Gasteiger partial charge in [0.05, 0.1) is 18.5 Å². The number of hydrogen-bond acceptors (Lipinski definition) is 10. The quantitative estimate of drug-likeness (QED) is 0.157. The summed E-state index contributed by atoms with van der Waals surface area (Å²) in [5.41, 5.74) is -0.130. The standard InChI is InChI=1S/C25H39N5O6S/c1-3-5-7-9-20(8-6-4-2)37(33,34)29-36-17-15-30-14-16-35-21(18-30)28-23-22(24(31)25(23)32)27-19-10-12-26-13-11-19/h10-13,20-21,28-29H,3-9,14-18H2,1-2H3,(H,26,27). The molecular formula is C25H39N5O6S. The third-order valence-electron chi connectivity index (χ3n) is 6.45. The lowest BCUT2D eigenvalue weighted by Crippen LogP contribution is -2.49. The Labute approximate surface area is 218 Å². The van der Waals surface area contributed by atoms with Gasteiger partial charge in [-0.1, -0.05) is 50.8 Å². The van der Waals surface area contributed by atoms with Crippen molar-refractivity contribution in [3.63, 3.8) is 0 Å². The van der Waals surface area contributed by atoms with Crippen LogP contribution in [0.5, 0.6) is 0 Å². The van der Waals surface area contributed by atoms with Gasteiger partial charge in [0.15, 0.2) is 0 Å². The van der Waals surface area contributed by atoms with Gasteiger partial charge in [0.2, 0.25) is 10.0 Å². The van der Waals surface area contributed by atoms with Gasteiger partial charge < -0.3 is 15.4 Å². The van der Waals surface area contributed by atoms with Crippen molar-refractivity contribution < 1.29 is 18.0 Å². The lowest BCUT2D eigenvalue weighted by atomic mass is 10.1. The summed E-state index contributed by atoms with van der Waals surface area (Å²) < 4.78 is 31.3. The summed E-state index contributed by atoms with van der Waals surface area (Å²) in [6, 6.07) is 3.40. The molecule has 0 bridgehead atoms. The topological polar surface area (TPSA) is 139 Å². The van der Waals surface area contributed by atoms with Crippen molar-refractivity contribution in [1.82, 2.24) is 14.8 Å². The summed E-state index contributed by atoms with van der Waals surface area (Å²) in [6.45, 7) is 6.31.